The highest BCUT2D eigenvalue weighted by Crippen LogP contribution is 2.57. The number of carbonyl (C=O) groups is 3. The van der Waals surface area contributed by atoms with Gasteiger partial charge in [-0.1, -0.05) is 54.5 Å². The minimum Gasteiger partial charge on any atom is -0.477 e. The predicted molar refractivity (Wildman–Crippen MR) is 118 cm³/mol. The molecule has 3 aromatic rings. The lowest BCUT2D eigenvalue weighted by Crippen LogP contribution is -2.46. The predicted octanol–water partition coefficient (Wildman–Crippen LogP) is 3.72. The van der Waals surface area contributed by atoms with Crippen LogP contribution in [-0.4, -0.2) is 29.4 Å². The summed E-state index contributed by atoms with van der Waals surface area (Å²) in [5.74, 6) is 0.756. The van der Waals surface area contributed by atoms with Crippen molar-refractivity contribution in [3.63, 3.8) is 0 Å². The van der Waals surface area contributed by atoms with Crippen LogP contribution in [0.3, 0.4) is 0 Å². The van der Waals surface area contributed by atoms with Crippen LogP contribution in [-0.2, 0) is 15.0 Å². The van der Waals surface area contributed by atoms with E-state index < -0.39 is 11.4 Å². The number of hydrogen-bond acceptors (Lipinski definition) is 4. The SMILES string of the molecule is C#CCN1C(=O)C2(CC(=O)Nc3c2sc(C(=O)O)c3-c2ccccc2)c2ccccc21. The smallest absolute Gasteiger partial charge is 0.346 e. The lowest BCUT2D eigenvalue weighted by molar-refractivity contribution is -0.126. The summed E-state index contributed by atoms with van der Waals surface area (Å²) >= 11 is 1.04. The quantitative estimate of drug-likeness (QED) is 0.623. The van der Waals surface area contributed by atoms with Crippen LogP contribution in [0, 0.1) is 12.3 Å². The molecule has 0 saturated carbocycles. The largest absolute Gasteiger partial charge is 0.477 e. The number of rotatable bonds is 3. The highest BCUT2D eigenvalue weighted by Gasteiger charge is 2.57. The second-order valence-electron chi connectivity index (χ2n) is 7.42. The summed E-state index contributed by atoms with van der Waals surface area (Å²) in [5.41, 5.74) is 1.49. The summed E-state index contributed by atoms with van der Waals surface area (Å²) in [6.07, 6.45) is 5.41. The van der Waals surface area contributed by atoms with Gasteiger partial charge in [-0.3, -0.25) is 14.5 Å². The number of carbonyl (C=O) groups excluding carboxylic acids is 2. The Labute approximate surface area is 182 Å². The Morgan fingerprint density at radius 1 is 1.16 bits per heavy atom. The molecule has 0 radical (unpaired) electrons. The Bertz CT molecular complexity index is 1300. The van der Waals surface area contributed by atoms with E-state index in [9.17, 15) is 19.5 Å². The topological polar surface area (TPSA) is 86.7 Å². The number of nitrogens with zero attached hydrogens (tertiary/aromatic N) is 1. The van der Waals surface area contributed by atoms with Gasteiger partial charge in [-0.2, -0.15) is 0 Å². The van der Waals surface area contributed by atoms with Crippen LogP contribution in [0.15, 0.2) is 54.6 Å². The van der Waals surface area contributed by atoms with E-state index in [1.165, 1.54) is 4.90 Å². The molecule has 6 nitrogen and oxygen atoms in total. The first-order chi connectivity index (χ1) is 15.0. The summed E-state index contributed by atoms with van der Waals surface area (Å²) in [4.78, 5) is 41.0. The summed E-state index contributed by atoms with van der Waals surface area (Å²) in [6, 6.07) is 16.2. The zero-order valence-electron chi connectivity index (χ0n) is 16.2. The van der Waals surface area contributed by atoms with Gasteiger partial charge in [0.1, 0.15) is 10.3 Å². The monoisotopic (exact) mass is 428 g/mol. The van der Waals surface area contributed by atoms with Gasteiger partial charge < -0.3 is 10.4 Å². The van der Waals surface area contributed by atoms with Crippen LogP contribution < -0.4 is 10.2 Å². The fourth-order valence-electron chi connectivity index (χ4n) is 4.55. The zero-order valence-corrected chi connectivity index (χ0v) is 17.0. The average Bonchev–Trinajstić information content (AvgIpc) is 3.26. The fraction of sp³-hybridized carbons (Fsp3) is 0.125. The van der Waals surface area contributed by atoms with E-state index in [2.05, 4.69) is 11.2 Å². The molecule has 5 rings (SSSR count). The second-order valence-corrected chi connectivity index (χ2v) is 8.44. The van der Waals surface area contributed by atoms with Gasteiger partial charge in [0.2, 0.25) is 11.8 Å². The van der Waals surface area contributed by atoms with Crippen molar-refractivity contribution in [2.45, 2.75) is 11.8 Å². The molecule has 7 heteroatoms. The third-order valence-corrected chi connectivity index (χ3v) is 7.10. The number of benzene rings is 2. The van der Waals surface area contributed by atoms with Crippen molar-refractivity contribution in [1.29, 1.82) is 0 Å². The van der Waals surface area contributed by atoms with Gasteiger partial charge in [0.25, 0.3) is 0 Å². The average molecular weight is 428 g/mol. The lowest BCUT2D eigenvalue weighted by atomic mass is 9.74. The number of terminal acetylenes is 1. The molecule has 1 atom stereocenters. The van der Waals surface area contributed by atoms with Crippen LogP contribution in [0.25, 0.3) is 11.1 Å². The molecule has 2 amide bonds. The molecule has 152 valence electrons. The molecule has 0 bridgehead atoms. The van der Waals surface area contributed by atoms with Gasteiger partial charge in [0, 0.05) is 11.3 Å². The van der Waals surface area contributed by atoms with Gasteiger partial charge in [-0.25, -0.2) is 4.79 Å². The number of amides is 2. The van der Waals surface area contributed by atoms with Crippen LogP contribution in [0.5, 0.6) is 0 Å². The van der Waals surface area contributed by atoms with Crippen molar-refractivity contribution >= 4 is 40.5 Å². The number of thiophene rings is 1. The van der Waals surface area contributed by atoms with E-state index in [1.54, 1.807) is 30.3 Å². The van der Waals surface area contributed by atoms with Gasteiger partial charge in [-0.05, 0) is 17.2 Å². The van der Waals surface area contributed by atoms with Crippen molar-refractivity contribution in [2.24, 2.45) is 0 Å². The first-order valence-corrected chi connectivity index (χ1v) is 10.4. The van der Waals surface area contributed by atoms with Crippen molar-refractivity contribution in [3.05, 3.63) is 69.9 Å². The van der Waals surface area contributed by atoms with Crippen LogP contribution in [0.1, 0.15) is 26.5 Å². The normalized spacial score (nSPS) is 19.0. The summed E-state index contributed by atoms with van der Waals surface area (Å²) in [5, 5.41) is 12.8. The highest BCUT2D eigenvalue weighted by molar-refractivity contribution is 7.15. The zero-order chi connectivity index (χ0) is 21.8. The number of carboxylic acid groups (broad SMARTS) is 1. The molecule has 0 saturated heterocycles. The van der Waals surface area contributed by atoms with Gasteiger partial charge >= 0.3 is 5.97 Å². The maximum Gasteiger partial charge on any atom is 0.346 e. The first kappa shape index (κ1) is 19.1. The number of anilines is 2. The Morgan fingerprint density at radius 3 is 2.58 bits per heavy atom. The van der Waals surface area contributed by atoms with E-state index in [0.717, 1.165) is 11.3 Å². The molecule has 2 aromatic carbocycles. The van der Waals surface area contributed by atoms with Crippen molar-refractivity contribution in [2.75, 3.05) is 16.8 Å². The second kappa shape index (κ2) is 6.83. The molecule has 2 aliphatic rings. The molecule has 3 heterocycles. The molecule has 1 aromatic heterocycles. The first-order valence-electron chi connectivity index (χ1n) is 9.60. The molecular formula is C24H16N2O4S. The van der Waals surface area contributed by atoms with E-state index in [0.29, 0.717) is 32.9 Å². The van der Waals surface area contributed by atoms with Crippen LogP contribution in [0.4, 0.5) is 11.4 Å². The summed E-state index contributed by atoms with van der Waals surface area (Å²) in [6.45, 7) is 0.0667. The minimum atomic E-state index is -1.30. The third kappa shape index (κ3) is 2.55. The minimum absolute atomic E-state index is 0.0667. The van der Waals surface area contributed by atoms with Gasteiger partial charge in [-0.15, -0.1) is 17.8 Å². The molecule has 31 heavy (non-hydrogen) atoms. The van der Waals surface area contributed by atoms with E-state index >= 15 is 0 Å². The molecule has 2 N–H and O–H groups in total. The summed E-state index contributed by atoms with van der Waals surface area (Å²) in [7, 11) is 0. The maximum absolute atomic E-state index is 13.8. The van der Waals surface area contributed by atoms with Crippen molar-refractivity contribution in [3.8, 4) is 23.5 Å². The van der Waals surface area contributed by atoms with Gasteiger partial charge in [0.15, 0.2) is 0 Å². The van der Waals surface area contributed by atoms with Crippen LogP contribution >= 0.6 is 11.3 Å². The Balaban J connectivity index is 1.85. The number of nitrogens with one attached hydrogen (secondary N) is 1. The molecule has 2 aliphatic heterocycles. The number of fused-ring (bicyclic) bond motifs is 4. The Hall–Kier alpha value is -3.89. The number of aromatic carboxylic acids is 1. The number of hydrogen-bond donors (Lipinski definition) is 2. The van der Waals surface area contributed by atoms with E-state index in [4.69, 9.17) is 6.42 Å². The molecular weight excluding hydrogens is 412 g/mol. The molecule has 0 aliphatic carbocycles. The standard InChI is InChI=1S/C24H16N2O4S/c1-2-12-26-16-11-7-6-10-15(16)24(23(26)30)13-17(27)25-19-18(14-8-4-3-5-9-14)20(22(28)29)31-21(19)24/h1,3-11H,12-13H2,(H,25,27)(H,28,29). The molecule has 0 fully saturated rings. The van der Waals surface area contributed by atoms with Crippen LogP contribution in [0.2, 0.25) is 0 Å². The third-order valence-electron chi connectivity index (χ3n) is 5.76. The maximum atomic E-state index is 13.8. The Morgan fingerprint density at radius 2 is 1.87 bits per heavy atom. The number of carboxylic acids is 1. The van der Waals surface area contributed by atoms with E-state index in [-0.39, 0.29) is 29.7 Å². The van der Waals surface area contributed by atoms with E-state index in [1.807, 2.05) is 24.3 Å². The Kier molecular flexibility index (Phi) is 4.20. The molecule has 1 unspecified atom stereocenters. The lowest BCUT2D eigenvalue weighted by Gasteiger charge is -2.32. The fourth-order valence-corrected chi connectivity index (χ4v) is 5.86. The number of para-hydroxylation sites is 1. The summed E-state index contributed by atoms with van der Waals surface area (Å²) < 4.78 is 0. The molecule has 1 spiro atoms. The van der Waals surface area contributed by atoms with Crippen molar-refractivity contribution < 1.29 is 19.5 Å². The van der Waals surface area contributed by atoms with Crippen molar-refractivity contribution in [1.82, 2.24) is 0 Å². The van der Waals surface area contributed by atoms with Gasteiger partial charge in [0.05, 0.1) is 23.5 Å². The highest BCUT2D eigenvalue weighted by atomic mass is 32.1.